The van der Waals surface area contributed by atoms with E-state index in [1.54, 1.807) is 0 Å². The van der Waals surface area contributed by atoms with Crippen LogP contribution in [0.2, 0.25) is 0 Å². The fraction of sp³-hybridized carbons (Fsp3) is 0.769. The van der Waals surface area contributed by atoms with Crippen LogP contribution in [0.4, 0.5) is 0 Å². The van der Waals surface area contributed by atoms with Crippen LogP contribution in [-0.2, 0) is 4.79 Å². The van der Waals surface area contributed by atoms with Crippen LogP contribution in [-0.4, -0.2) is 35.4 Å². The van der Waals surface area contributed by atoms with Crippen molar-refractivity contribution in [3.05, 3.63) is 9.81 Å². The van der Waals surface area contributed by atoms with Gasteiger partial charge in [-0.25, -0.2) is 0 Å². The van der Waals surface area contributed by atoms with Gasteiger partial charge in [-0.3, -0.25) is 4.79 Å². The summed E-state index contributed by atoms with van der Waals surface area (Å²) in [6.45, 7) is 7.91. The Bertz CT molecular complexity index is 277. The fourth-order valence-electron chi connectivity index (χ4n) is 1.81. The van der Waals surface area contributed by atoms with Crippen LogP contribution in [0.25, 0.3) is 0 Å². The number of hydrogen-bond acceptors (Lipinski definition) is 3. The molecule has 0 aromatic rings. The zero-order valence-electron chi connectivity index (χ0n) is 11.1. The molecule has 1 fully saturated rings. The van der Waals surface area contributed by atoms with Gasteiger partial charge in [-0.05, 0) is 45.1 Å². The molecule has 0 unspecified atom stereocenters. The molecule has 0 saturated carbocycles. The molecular formula is C13H23NOS2. The summed E-state index contributed by atoms with van der Waals surface area (Å²) in [4.78, 5) is 13.8. The highest BCUT2D eigenvalue weighted by molar-refractivity contribution is 8.22. The number of rotatable bonds is 5. The molecule has 1 saturated heterocycles. The summed E-state index contributed by atoms with van der Waals surface area (Å²) in [6, 6.07) is 0. The van der Waals surface area contributed by atoms with Crippen molar-refractivity contribution in [2.75, 3.05) is 24.6 Å². The van der Waals surface area contributed by atoms with Crippen molar-refractivity contribution in [3.8, 4) is 0 Å². The monoisotopic (exact) mass is 273 g/mol. The predicted octanol–water partition coefficient (Wildman–Crippen LogP) is 3.74. The average Bonchev–Trinajstić information content (AvgIpc) is 2.38. The maximum absolute atomic E-state index is 11.9. The van der Waals surface area contributed by atoms with E-state index in [-0.39, 0.29) is 0 Å². The lowest BCUT2D eigenvalue weighted by atomic mass is 10.2. The molecule has 0 aromatic heterocycles. The second-order valence-corrected chi connectivity index (χ2v) is 6.65. The largest absolute Gasteiger partial charge is 0.343 e. The van der Waals surface area contributed by atoms with E-state index in [4.69, 9.17) is 0 Å². The van der Waals surface area contributed by atoms with Crippen molar-refractivity contribution in [2.45, 2.75) is 40.0 Å². The third kappa shape index (κ3) is 4.96. The summed E-state index contributed by atoms with van der Waals surface area (Å²) in [7, 11) is 0. The van der Waals surface area contributed by atoms with Gasteiger partial charge < -0.3 is 4.90 Å². The Balaban J connectivity index is 2.41. The minimum absolute atomic E-state index is 0.292. The zero-order chi connectivity index (χ0) is 12.7. The molecule has 98 valence electrons. The molecule has 0 bridgehead atoms. The summed E-state index contributed by atoms with van der Waals surface area (Å²) in [5.41, 5.74) is 1.40. The van der Waals surface area contributed by atoms with Crippen LogP contribution in [0.3, 0.4) is 0 Å². The molecule has 1 aliphatic heterocycles. The summed E-state index contributed by atoms with van der Waals surface area (Å²) in [6.07, 6.45) is 2.90. The first kappa shape index (κ1) is 15.0. The number of nitrogens with zero attached hydrogens (tertiary/aromatic N) is 1. The van der Waals surface area contributed by atoms with Gasteiger partial charge >= 0.3 is 0 Å². The van der Waals surface area contributed by atoms with E-state index in [1.807, 2.05) is 42.3 Å². The highest BCUT2D eigenvalue weighted by Crippen LogP contribution is 2.38. The third-order valence-corrected chi connectivity index (χ3v) is 5.85. The first-order valence-electron chi connectivity index (χ1n) is 6.42. The Morgan fingerprint density at radius 1 is 1.18 bits per heavy atom. The fourth-order valence-corrected chi connectivity index (χ4v) is 4.47. The van der Waals surface area contributed by atoms with Gasteiger partial charge in [0, 0.05) is 23.7 Å². The highest BCUT2D eigenvalue weighted by Gasteiger charge is 2.13. The topological polar surface area (TPSA) is 20.3 Å². The van der Waals surface area contributed by atoms with Crippen molar-refractivity contribution < 1.29 is 4.79 Å². The Hall–Kier alpha value is -0.0900. The van der Waals surface area contributed by atoms with Gasteiger partial charge in [-0.15, -0.1) is 23.5 Å². The molecule has 2 nitrogen and oxygen atoms in total. The van der Waals surface area contributed by atoms with Gasteiger partial charge in [-0.2, -0.15) is 0 Å². The van der Waals surface area contributed by atoms with Crippen LogP contribution >= 0.6 is 23.5 Å². The van der Waals surface area contributed by atoms with Crippen molar-refractivity contribution in [1.82, 2.24) is 4.90 Å². The lowest BCUT2D eigenvalue weighted by molar-refractivity contribution is -0.130. The first-order chi connectivity index (χ1) is 8.19. The number of carbonyl (C=O) groups is 1. The van der Waals surface area contributed by atoms with E-state index in [0.717, 1.165) is 19.5 Å². The molecule has 1 amide bonds. The number of thioether (sulfide) groups is 2. The molecule has 0 aromatic carbocycles. The predicted molar refractivity (Wildman–Crippen MR) is 79.4 cm³/mol. The zero-order valence-corrected chi connectivity index (χ0v) is 12.8. The maximum atomic E-state index is 11.9. The quantitative estimate of drug-likeness (QED) is 0.761. The molecular weight excluding hydrogens is 250 g/mol. The van der Waals surface area contributed by atoms with Crippen LogP contribution in [0.15, 0.2) is 9.81 Å². The molecule has 1 aliphatic rings. The van der Waals surface area contributed by atoms with E-state index in [9.17, 15) is 4.79 Å². The second-order valence-electron chi connectivity index (χ2n) is 4.18. The Morgan fingerprint density at radius 2 is 1.76 bits per heavy atom. The van der Waals surface area contributed by atoms with Crippen molar-refractivity contribution >= 4 is 29.4 Å². The van der Waals surface area contributed by atoms with Crippen LogP contribution in [0.5, 0.6) is 0 Å². The van der Waals surface area contributed by atoms with E-state index < -0.39 is 0 Å². The standard InChI is InChI=1S/C13H23NOS2/c1-4-14(5-2)12(15)8-7-11(3)13-16-9-6-10-17-13/h4-10H2,1-3H3. The molecule has 1 heterocycles. The van der Waals surface area contributed by atoms with Gasteiger partial charge in [0.05, 0.1) is 0 Å². The van der Waals surface area contributed by atoms with Gasteiger partial charge in [0.1, 0.15) is 0 Å². The van der Waals surface area contributed by atoms with Gasteiger partial charge in [0.25, 0.3) is 0 Å². The third-order valence-electron chi connectivity index (χ3n) is 2.93. The molecule has 0 atom stereocenters. The Labute approximate surface area is 114 Å². The van der Waals surface area contributed by atoms with E-state index in [0.29, 0.717) is 12.3 Å². The lowest BCUT2D eigenvalue weighted by Gasteiger charge is -2.20. The minimum Gasteiger partial charge on any atom is -0.343 e. The molecule has 4 heteroatoms. The molecule has 0 aliphatic carbocycles. The van der Waals surface area contributed by atoms with Crippen molar-refractivity contribution in [3.63, 3.8) is 0 Å². The molecule has 0 spiro atoms. The van der Waals surface area contributed by atoms with Crippen molar-refractivity contribution in [1.29, 1.82) is 0 Å². The maximum Gasteiger partial charge on any atom is 0.222 e. The number of amides is 1. The number of allylic oxidation sites excluding steroid dienone is 1. The van der Waals surface area contributed by atoms with Crippen molar-refractivity contribution in [2.24, 2.45) is 0 Å². The first-order valence-corrected chi connectivity index (χ1v) is 8.39. The van der Waals surface area contributed by atoms with Gasteiger partial charge in [0.2, 0.25) is 5.91 Å². The Morgan fingerprint density at radius 3 is 2.29 bits per heavy atom. The van der Waals surface area contributed by atoms with Gasteiger partial charge in [-0.1, -0.05) is 5.57 Å². The van der Waals surface area contributed by atoms with Crippen LogP contribution in [0.1, 0.15) is 40.0 Å². The van der Waals surface area contributed by atoms with E-state index in [2.05, 4.69) is 6.92 Å². The van der Waals surface area contributed by atoms with Crippen LogP contribution < -0.4 is 0 Å². The summed E-state index contributed by atoms with van der Waals surface area (Å²) in [5, 5.41) is 0. The normalized spacial score (nSPS) is 15.8. The molecule has 17 heavy (non-hydrogen) atoms. The second kappa shape index (κ2) is 8.09. The lowest BCUT2D eigenvalue weighted by Crippen LogP contribution is -2.30. The van der Waals surface area contributed by atoms with E-state index >= 15 is 0 Å². The minimum atomic E-state index is 0.292. The summed E-state index contributed by atoms with van der Waals surface area (Å²) >= 11 is 3.92. The van der Waals surface area contributed by atoms with Gasteiger partial charge in [0.15, 0.2) is 0 Å². The van der Waals surface area contributed by atoms with E-state index in [1.165, 1.54) is 27.7 Å². The Kier molecular flexibility index (Phi) is 7.12. The highest BCUT2D eigenvalue weighted by atomic mass is 32.2. The summed E-state index contributed by atoms with van der Waals surface area (Å²) < 4.78 is 1.46. The van der Waals surface area contributed by atoms with Crippen LogP contribution in [0, 0.1) is 0 Å². The summed E-state index contributed by atoms with van der Waals surface area (Å²) in [5.74, 6) is 2.77. The smallest absolute Gasteiger partial charge is 0.222 e. The average molecular weight is 273 g/mol. The molecule has 0 radical (unpaired) electrons. The number of carbonyl (C=O) groups excluding carboxylic acids is 1. The molecule has 0 N–H and O–H groups in total. The molecule has 1 rings (SSSR count). The number of hydrogen-bond donors (Lipinski definition) is 0. The SMILES string of the molecule is CCN(CC)C(=O)CCC(C)=C1SCCCS1.